The van der Waals surface area contributed by atoms with Crippen LogP contribution in [0.25, 0.3) is 0 Å². The molecule has 128 valence electrons. The third-order valence-corrected chi connectivity index (χ3v) is 5.53. The van der Waals surface area contributed by atoms with E-state index in [1.165, 1.54) is 38.3 Å². The number of sulfonamides is 1. The van der Waals surface area contributed by atoms with E-state index in [2.05, 4.69) is 4.72 Å². The molecule has 2 rings (SSSR count). The quantitative estimate of drug-likeness (QED) is 0.584. The van der Waals surface area contributed by atoms with Gasteiger partial charge in [0.15, 0.2) is 5.78 Å². The van der Waals surface area contributed by atoms with E-state index >= 15 is 0 Å². The molecular weight excluding hydrogens is 314 g/mol. The molecule has 1 aromatic rings. The van der Waals surface area contributed by atoms with Gasteiger partial charge in [-0.2, -0.15) is 0 Å². The number of nitrogens with one attached hydrogen (secondary N) is 1. The summed E-state index contributed by atoms with van der Waals surface area (Å²) in [5.41, 5.74) is 0.397. The van der Waals surface area contributed by atoms with Crippen molar-refractivity contribution in [2.75, 3.05) is 13.2 Å². The zero-order chi connectivity index (χ0) is 16.7. The highest BCUT2D eigenvalue weighted by atomic mass is 32.2. The third-order valence-electron chi connectivity index (χ3n) is 4.07. The van der Waals surface area contributed by atoms with Gasteiger partial charge >= 0.3 is 0 Å². The smallest absolute Gasteiger partial charge is 0.240 e. The van der Waals surface area contributed by atoms with Crippen molar-refractivity contribution < 1.29 is 17.9 Å². The van der Waals surface area contributed by atoms with E-state index < -0.39 is 10.0 Å². The van der Waals surface area contributed by atoms with Crippen LogP contribution in [0, 0.1) is 0 Å². The number of Topliss-reactive ketones (excluding diaryl/α,β-unsaturated/α-hetero) is 1. The minimum absolute atomic E-state index is 0.124. The summed E-state index contributed by atoms with van der Waals surface area (Å²) in [4.78, 5) is 11.5. The van der Waals surface area contributed by atoms with Gasteiger partial charge < -0.3 is 4.74 Å². The van der Waals surface area contributed by atoms with Gasteiger partial charge in [-0.3, -0.25) is 4.79 Å². The number of ether oxygens (including phenoxy) is 1. The van der Waals surface area contributed by atoms with Crippen molar-refractivity contribution in [3.63, 3.8) is 0 Å². The van der Waals surface area contributed by atoms with E-state index in [1.807, 2.05) is 0 Å². The maximum atomic E-state index is 12.2. The van der Waals surface area contributed by atoms with Crippen LogP contribution in [0.15, 0.2) is 29.2 Å². The second-order valence-electron chi connectivity index (χ2n) is 5.97. The second-order valence-corrected chi connectivity index (χ2v) is 7.73. The first-order valence-electron chi connectivity index (χ1n) is 8.21. The average Bonchev–Trinajstić information content (AvgIpc) is 2.55. The number of rotatable bonds is 8. The van der Waals surface area contributed by atoms with Crippen LogP contribution >= 0.6 is 0 Å². The van der Waals surface area contributed by atoms with Gasteiger partial charge in [-0.05, 0) is 38.3 Å². The predicted octanol–water partition coefficient (Wildman–Crippen LogP) is 2.91. The molecule has 1 fully saturated rings. The Kier molecular flexibility index (Phi) is 6.74. The lowest BCUT2D eigenvalue weighted by molar-refractivity contribution is 0.0278. The molecule has 0 heterocycles. The molecule has 0 unspecified atom stereocenters. The highest BCUT2D eigenvalue weighted by molar-refractivity contribution is 7.89. The summed E-state index contributed by atoms with van der Waals surface area (Å²) in [5.74, 6) is -0.150. The summed E-state index contributed by atoms with van der Waals surface area (Å²) in [6.07, 6.45) is 6.95. The Bertz CT molecular complexity index is 621. The fourth-order valence-electron chi connectivity index (χ4n) is 2.73. The highest BCUT2D eigenvalue weighted by Crippen LogP contribution is 2.20. The molecule has 1 aliphatic carbocycles. The van der Waals surface area contributed by atoms with Crippen molar-refractivity contribution in [2.24, 2.45) is 0 Å². The molecule has 0 radical (unpaired) electrons. The van der Waals surface area contributed by atoms with Gasteiger partial charge in [-0.1, -0.05) is 31.4 Å². The summed E-state index contributed by atoms with van der Waals surface area (Å²) >= 11 is 0. The summed E-state index contributed by atoms with van der Waals surface area (Å²) in [5, 5.41) is 0. The van der Waals surface area contributed by atoms with Crippen molar-refractivity contribution in [3.8, 4) is 0 Å². The van der Waals surface area contributed by atoms with Crippen LogP contribution in [0.5, 0.6) is 0 Å². The van der Waals surface area contributed by atoms with Gasteiger partial charge in [-0.25, -0.2) is 13.1 Å². The zero-order valence-corrected chi connectivity index (χ0v) is 14.4. The maximum Gasteiger partial charge on any atom is 0.240 e. The summed E-state index contributed by atoms with van der Waals surface area (Å²) in [6.45, 7) is 2.32. The van der Waals surface area contributed by atoms with Gasteiger partial charge in [0, 0.05) is 18.7 Å². The molecule has 0 aromatic heterocycles. The fourth-order valence-corrected chi connectivity index (χ4v) is 3.85. The molecular formula is C17H25NO4S. The molecule has 1 aromatic carbocycles. The predicted molar refractivity (Wildman–Crippen MR) is 89.1 cm³/mol. The Hall–Kier alpha value is -1.24. The topological polar surface area (TPSA) is 72.5 Å². The SMILES string of the molecule is CC(=O)c1cccc(S(=O)(=O)NCCCOC2CCCCC2)c1. The zero-order valence-electron chi connectivity index (χ0n) is 13.6. The molecule has 0 spiro atoms. The highest BCUT2D eigenvalue weighted by Gasteiger charge is 2.16. The number of hydrogen-bond acceptors (Lipinski definition) is 4. The normalized spacial score (nSPS) is 16.4. The average molecular weight is 339 g/mol. The number of hydrogen-bond donors (Lipinski definition) is 1. The van der Waals surface area contributed by atoms with Crippen LogP contribution in [-0.2, 0) is 14.8 Å². The van der Waals surface area contributed by atoms with Crippen LogP contribution < -0.4 is 4.72 Å². The minimum atomic E-state index is -3.58. The van der Waals surface area contributed by atoms with Crippen LogP contribution in [-0.4, -0.2) is 33.5 Å². The summed E-state index contributed by atoms with van der Waals surface area (Å²) < 4.78 is 32.8. The van der Waals surface area contributed by atoms with Gasteiger partial charge in [0.2, 0.25) is 10.0 Å². The van der Waals surface area contributed by atoms with Gasteiger partial charge in [-0.15, -0.1) is 0 Å². The Labute approximate surface area is 138 Å². The number of benzene rings is 1. The lowest BCUT2D eigenvalue weighted by Crippen LogP contribution is -2.26. The molecule has 0 saturated heterocycles. The molecule has 0 amide bonds. The van der Waals surface area contributed by atoms with E-state index in [0.29, 0.717) is 31.2 Å². The molecule has 1 aliphatic rings. The van der Waals surface area contributed by atoms with Crippen LogP contribution in [0.4, 0.5) is 0 Å². The second kappa shape index (κ2) is 8.57. The van der Waals surface area contributed by atoms with Gasteiger partial charge in [0.1, 0.15) is 0 Å². The minimum Gasteiger partial charge on any atom is -0.378 e. The van der Waals surface area contributed by atoms with E-state index in [0.717, 1.165) is 12.8 Å². The van der Waals surface area contributed by atoms with Crippen LogP contribution in [0.2, 0.25) is 0 Å². The summed E-state index contributed by atoms with van der Waals surface area (Å²) in [6, 6.07) is 6.09. The first kappa shape index (κ1) is 18.1. The first-order chi connectivity index (χ1) is 11.0. The maximum absolute atomic E-state index is 12.2. The van der Waals surface area contributed by atoms with Gasteiger partial charge in [0.25, 0.3) is 0 Å². The van der Waals surface area contributed by atoms with Crippen molar-refractivity contribution in [3.05, 3.63) is 29.8 Å². The van der Waals surface area contributed by atoms with Crippen LogP contribution in [0.1, 0.15) is 55.8 Å². The molecule has 6 heteroatoms. The molecule has 1 N–H and O–H groups in total. The van der Waals surface area contributed by atoms with Crippen molar-refractivity contribution in [1.82, 2.24) is 4.72 Å². The van der Waals surface area contributed by atoms with E-state index in [1.54, 1.807) is 12.1 Å². The van der Waals surface area contributed by atoms with E-state index in [9.17, 15) is 13.2 Å². The molecule has 0 aliphatic heterocycles. The van der Waals surface area contributed by atoms with Crippen LogP contribution in [0.3, 0.4) is 0 Å². The lowest BCUT2D eigenvalue weighted by atomic mass is 9.98. The van der Waals surface area contributed by atoms with Crippen molar-refractivity contribution in [2.45, 2.75) is 56.4 Å². The first-order valence-corrected chi connectivity index (χ1v) is 9.69. The number of carbonyl (C=O) groups excluding carboxylic acids is 1. The number of carbonyl (C=O) groups is 1. The molecule has 0 atom stereocenters. The molecule has 5 nitrogen and oxygen atoms in total. The Morgan fingerprint density at radius 2 is 2.00 bits per heavy atom. The van der Waals surface area contributed by atoms with E-state index in [-0.39, 0.29) is 10.7 Å². The van der Waals surface area contributed by atoms with Crippen molar-refractivity contribution in [1.29, 1.82) is 0 Å². The standard InChI is InChI=1S/C17H25NO4S/c1-14(19)15-7-5-10-17(13-15)23(20,21)18-11-6-12-22-16-8-3-2-4-9-16/h5,7,10,13,16,18H,2-4,6,8-9,11-12H2,1H3. The Morgan fingerprint density at radius 3 is 2.70 bits per heavy atom. The molecule has 1 saturated carbocycles. The van der Waals surface area contributed by atoms with E-state index in [4.69, 9.17) is 4.74 Å². The largest absolute Gasteiger partial charge is 0.378 e. The number of ketones is 1. The Morgan fingerprint density at radius 1 is 1.26 bits per heavy atom. The lowest BCUT2D eigenvalue weighted by Gasteiger charge is -2.21. The molecule has 0 bridgehead atoms. The Balaban J connectivity index is 1.77. The fraction of sp³-hybridized carbons (Fsp3) is 0.588. The molecule has 23 heavy (non-hydrogen) atoms. The monoisotopic (exact) mass is 339 g/mol. The van der Waals surface area contributed by atoms with Gasteiger partial charge in [0.05, 0.1) is 11.0 Å². The summed E-state index contributed by atoms with van der Waals surface area (Å²) in [7, 11) is -3.58. The third kappa shape index (κ3) is 5.71. The van der Waals surface area contributed by atoms with Crippen molar-refractivity contribution >= 4 is 15.8 Å².